The first kappa shape index (κ1) is 28.0. The van der Waals surface area contributed by atoms with Crippen LogP contribution in [0.15, 0.2) is 51.8 Å². The Morgan fingerprint density at radius 3 is 2.56 bits per heavy atom. The molecule has 0 saturated heterocycles. The van der Waals surface area contributed by atoms with Gasteiger partial charge in [0.2, 0.25) is 0 Å². The summed E-state index contributed by atoms with van der Waals surface area (Å²) in [5, 5.41) is 5.39. The van der Waals surface area contributed by atoms with Crippen molar-refractivity contribution in [1.29, 1.82) is 0 Å². The third kappa shape index (κ3) is 8.84. The molecule has 0 aliphatic rings. The number of carbonyl (C=O) groups is 2. The molecule has 2 aromatic rings. The van der Waals surface area contributed by atoms with Gasteiger partial charge in [-0.3, -0.25) is 14.9 Å². The molecule has 2 aromatic carbocycles. The SMILES string of the molecule is CC(C)C[C@H](N)C(=O)NS(=O)(=O)c1cccc(NC(=S)NC(=O)COc2ccc(Br)cc2Cl)c1. The summed E-state index contributed by atoms with van der Waals surface area (Å²) >= 11 is 14.4. The monoisotopic (exact) mass is 590 g/mol. The van der Waals surface area contributed by atoms with E-state index in [1.165, 1.54) is 18.2 Å². The highest BCUT2D eigenvalue weighted by atomic mass is 79.9. The van der Waals surface area contributed by atoms with E-state index in [1.54, 1.807) is 24.3 Å². The number of sulfonamides is 1. The van der Waals surface area contributed by atoms with Gasteiger partial charge in [-0.15, -0.1) is 0 Å². The molecule has 0 unspecified atom stereocenters. The number of hydrogen-bond donors (Lipinski definition) is 4. The minimum Gasteiger partial charge on any atom is -0.482 e. The number of carbonyl (C=O) groups excluding carboxylic acids is 2. The third-order valence-electron chi connectivity index (χ3n) is 4.20. The molecule has 0 fully saturated rings. The minimum absolute atomic E-state index is 0.0759. The van der Waals surface area contributed by atoms with Crippen molar-refractivity contribution in [2.24, 2.45) is 11.7 Å². The van der Waals surface area contributed by atoms with E-state index in [1.807, 2.05) is 18.6 Å². The Kier molecular flexibility index (Phi) is 10.3. The number of anilines is 1. The summed E-state index contributed by atoms with van der Waals surface area (Å²) in [6, 6.07) is 9.58. The van der Waals surface area contributed by atoms with Crippen molar-refractivity contribution in [1.82, 2.24) is 10.0 Å². The molecule has 0 radical (unpaired) electrons. The summed E-state index contributed by atoms with van der Waals surface area (Å²) in [5.41, 5.74) is 6.04. The maximum Gasteiger partial charge on any atom is 0.264 e. The topological polar surface area (TPSA) is 140 Å². The van der Waals surface area contributed by atoms with Gasteiger partial charge in [0, 0.05) is 10.2 Å². The van der Waals surface area contributed by atoms with Crippen molar-refractivity contribution in [3.05, 3.63) is 52.0 Å². The Balaban J connectivity index is 1.95. The van der Waals surface area contributed by atoms with Crippen LogP contribution in [-0.2, 0) is 19.6 Å². The number of benzene rings is 2. The van der Waals surface area contributed by atoms with Crippen LogP contribution in [0.25, 0.3) is 0 Å². The number of nitrogens with two attached hydrogens (primary N) is 1. The van der Waals surface area contributed by atoms with Crippen molar-refractivity contribution >= 4 is 72.4 Å². The van der Waals surface area contributed by atoms with Gasteiger partial charge in [0.15, 0.2) is 11.7 Å². The van der Waals surface area contributed by atoms with Crippen LogP contribution >= 0.6 is 39.7 Å². The third-order valence-corrected chi connectivity index (χ3v) is 6.54. The number of rotatable bonds is 9. The van der Waals surface area contributed by atoms with Crippen LogP contribution in [-0.4, -0.2) is 38.0 Å². The second-order valence-electron chi connectivity index (χ2n) is 7.60. The lowest BCUT2D eigenvalue weighted by Gasteiger charge is -2.15. The lowest BCUT2D eigenvalue weighted by molar-refractivity contribution is -0.122. The zero-order chi connectivity index (χ0) is 25.5. The summed E-state index contributed by atoms with van der Waals surface area (Å²) in [5.74, 6) is -0.885. The van der Waals surface area contributed by atoms with Gasteiger partial charge in [0.25, 0.3) is 21.8 Å². The van der Waals surface area contributed by atoms with Crippen LogP contribution in [0.3, 0.4) is 0 Å². The van der Waals surface area contributed by atoms with Crippen molar-refractivity contribution in [3.63, 3.8) is 0 Å². The van der Waals surface area contributed by atoms with E-state index < -0.39 is 27.9 Å². The first-order valence-corrected chi connectivity index (χ1v) is 13.0. The van der Waals surface area contributed by atoms with Gasteiger partial charge in [0.05, 0.1) is 16.0 Å². The van der Waals surface area contributed by atoms with E-state index >= 15 is 0 Å². The summed E-state index contributed by atoms with van der Waals surface area (Å²) in [4.78, 5) is 24.1. The van der Waals surface area contributed by atoms with Crippen LogP contribution in [0.2, 0.25) is 5.02 Å². The fourth-order valence-electron chi connectivity index (χ4n) is 2.68. The molecule has 5 N–H and O–H groups in total. The molecular weight excluding hydrogens is 568 g/mol. The van der Waals surface area contributed by atoms with Gasteiger partial charge in [-0.1, -0.05) is 47.4 Å². The molecule has 2 rings (SSSR count). The molecule has 0 bridgehead atoms. The van der Waals surface area contributed by atoms with Crippen molar-refractivity contribution in [2.75, 3.05) is 11.9 Å². The largest absolute Gasteiger partial charge is 0.482 e. The highest BCUT2D eigenvalue weighted by Crippen LogP contribution is 2.27. The molecule has 9 nitrogen and oxygen atoms in total. The number of amides is 2. The molecule has 0 aliphatic carbocycles. The van der Waals surface area contributed by atoms with Gasteiger partial charge in [-0.25, -0.2) is 13.1 Å². The number of ether oxygens (including phenoxy) is 1. The van der Waals surface area contributed by atoms with E-state index in [0.717, 1.165) is 4.47 Å². The summed E-state index contributed by atoms with van der Waals surface area (Å²) in [6.07, 6.45) is 0.342. The fraction of sp³-hybridized carbons (Fsp3) is 0.286. The smallest absolute Gasteiger partial charge is 0.264 e. The van der Waals surface area contributed by atoms with E-state index in [4.69, 9.17) is 34.3 Å². The van der Waals surface area contributed by atoms with E-state index in [9.17, 15) is 18.0 Å². The summed E-state index contributed by atoms with van der Waals surface area (Å²) in [7, 11) is -4.15. The number of hydrogen-bond acceptors (Lipinski definition) is 7. The van der Waals surface area contributed by atoms with Crippen LogP contribution in [0.5, 0.6) is 5.75 Å². The Bertz CT molecular complexity index is 1180. The molecule has 0 spiro atoms. The van der Waals surface area contributed by atoms with Crippen LogP contribution in [0.1, 0.15) is 20.3 Å². The average molecular weight is 592 g/mol. The molecule has 0 saturated carbocycles. The first-order valence-electron chi connectivity index (χ1n) is 9.98. The highest BCUT2D eigenvalue weighted by molar-refractivity contribution is 9.10. The predicted molar refractivity (Wildman–Crippen MR) is 138 cm³/mol. The molecule has 13 heteroatoms. The lowest BCUT2D eigenvalue weighted by Crippen LogP contribution is -2.44. The van der Waals surface area contributed by atoms with Crippen LogP contribution in [0, 0.1) is 5.92 Å². The fourth-order valence-corrected chi connectivity index (χ4v) is 4.72. The molecule has 2 amide bonds. The quantitative estimate of drug-likeness (QED) is 0.326. The molecule has 0 aromatic heterocycles. The maximum absolute atomic E-state index is 12.6. The van der Waals surface area contributed by atoms with Crippen LogP contribution < -0.4 is 25.8 Å². The summed E-state index contributed by atoms with van der Waals surface area (Å²) < 4.78 is 33.2. The van der Waals surface area contributed by atoms with Gasteiger partial charge in [-0.05, 0) is 61.0 Å². The van der Waals surface area contributed by atoms with Gasteiger partial charge < -0.3 is 15.8 Å². The Hall–Kier alpha value is -2.25. The van der Waals surface area contributed by atoms with E-state index in [0.29, 0.717) is 17.2 Å². The first-order chi connectivity index (χ1) is 15.9. The van der Waals surface area contributed by atoms with E-state index in [-0.39, 0.29) is 28.2 Å². The molecular formula is C21H24BrClN4O5S2. The molecule has 184 valence electrons. The summed E-state index contributed by atoms with van der Waals surface area (Å²) in [6.45, 7) is 3.40. The van der Waals surface area contributed by atoms with E-state index in [2.05, 4.69) is 26.6 Å². The average Bonchev–Trinajstić information content (AvgIpc) is 2.72. The second kappa shape index (κ2) is 12.5. The second-order valence-corrected chi connectivity index (χ2v) is 11.0. The molecule has 34 heavy (non-hydrogen) atoms. The Morgan fingerprint density at radius 2 is 1.91 bits per heavy atom. The highest BCUT2D eigenvalue weighted by Gasteiger charge is 2.23. The number of halogens is 2. The molecule has 1 atom stereocenters. The lowest BCUT2D eigenvalue weighted by atomic mass is 10.0. The normalized spacial score (nSPS) is 12.1. The zero-order valence-corrected chi connectivity index (χ0v) is 22.3. The molecule has 0 aliphatic heterocycles. The minimum atomic E-state index is -4.15. The maximum atomic E-state index is 12.6. The van der Waals surface area contributed by atoms with Gasteiger partial charge in [-0.2, -0.15) is 0 Å². The number of thiocarbonyl (C=S) groups is 1. The molecule has 0 heterocycles. The van der Waals surface area contributed by atoms with Crippen molar-refractivity contribution in [2.45, 2.75) is 31.2 Å². The van der Waals surface area contributed by atoms with Gasteiger partial charge in [0.1, 0.15) is 5.75 Å². The Morgan fingerprint density at radius 1 is 1.21 bits per heavy atom. The zero-order valence-electron chi connectivity index (χ0n) is 18.3. The number of nitrogens with one attached hydrogen (secondary N) is 3. The predicted octanol–water partition coefficient (Wildman–Crippen LogP) is 3.17. The van der Waals surface area contributed by atoms with Crippen molar-refractivity contribution in [3.8, 4) is 5.75 Å². The standard InChI is InChI=1S/C21H24BrClN4O5S2/c1-12(2)8-17(24)20(29)27-34(30,31)15-5-3-4-14(10-15)25-21(33)26-19(28)11-32-18-7-6-13(22)9-16(18)23/h3-7,9-10,12,17H,8,11,24H2,1-2H3,(H,27,29)(H2,25,26,28,33)/t17-/m0/s1. The van der Waals surface area contributed by atoms with Gasteiger partial charge >= 0.3 is 0 Å². The van der Waals surface area contributed by atoms with Crippen molar-refractivity contribution < 1.29 is 22.7 Å². The van der Waals surface area contributed by atoms with Crippen LogP contribution in [0.4, 0.5) is 5.69 Å². The Labute approximate surface area is 216 Å².